The third-order valence-electron chi connectivity index (χ3n) is 2.66. The lowest BCUT2D eigenvalue weighted by atomic mass is 10.2. The highest BCUT2D eigenvalue weighted by Crippen LogP contribution is 2.18. The number of pyridine rings is 1. The highest BCUT2D eigenvalue weighted by molar-refractivity contribution is 6.32. The maximum absolute atomic E-state index is 13.1. The molecule has 1 aliphatic rings. The molecule has 92 valence electrons. The monoisotopic (exact) mass is 258 g/mol. The van der Waals surface area contributed by atoms with Crippen molar-refractivity contribution in [2.24, 2.45) is 0 Å². The fourth-order valence-corrected chi connectivity index (χ4v) is 1.94. The summed E-state index contributed by atoms with van der Waals surface area (Å²) in [5.41, 5.74) is 0.0976. The molecule has 17 heavy (non-hydrogen) atoms. The van der Waals surface area contributed by atoms with Crippen molar-refractivity contribution in [3.63, 3.8) is 0 Å². The molecule has 2 rings (SSSR count). The number of halogens is 2. The Morgan fingerprint density at radius 1 is 1.71 bits per heavy atom. The fraction of sp³-hybridized carbons (Fsp3) is 0.455. The van der Waals surface area contributed by atoms with Crippen LogP contribution in [0.15, 0.2) is 12.3 Å². The molecular weight excluding hydrogens is 247 g/mol. The number of morpholine rings is 1. The number of nitrogens with zero attached hydrogens (tertiary/aromatic N) is 2. The molecule has 1 aromatic heterocycles. The average molecular weight is 259 g/mol. The largest absolute Gasteiger partial charge is 0.377 e. The highest BCUT2D eigenvalue weighted by Gasteiger charge is 2.26. The predicted molar refractivity (Wildman–Crippen MR) is 60.5 cm³/mol. The number of hydrogen-bond acceptors (Lipinski definition) is 3. The van der Waals surface area contributed by atoms with Crippen LogP contribution in [0.25, 0.3) is 0 Å². The first kappa shape index (κ1) is 12.3. The number of carbonyl (C=O) groups excluding carboxylic acids is 1. The summed E-state index contributed by atoms with van der Waals surface area (Å²) >= 11 is 5.80. The second-order valence-electron chi connectivity index (χ2n) is 3.91. The normalized spacial score (nSPS) is 20.4. The Bertz CT molecular complexity index is 441. The lowest BCUT2D eigenvalue weighted by Gasteiger charge is -2.33. The Morgan fingerprint density at radius 2 is 2.47 bits per heavy atom. The van der Waals surface area contributed by atoms with Crippen molar-refractivity contribution < 1.29 is 13.9 Å². The number of aromatic nitrogens is 1. The van der Waals surface area contributed by atoms with E-state index in [0.717, 1.165) is 12.3 Å². The van der Waals surface area contributed by atoms with Crippen LogP contribution in [0.2, 0.25) is 5.15 Å². The number of amides is 1. The van der Waals surface area contributed by atoms with Crippen molar-refractivity contribution in [1.82, 2.24) is 9.88 Å². The molecule has 1 fully saturated rings. The fourth-order valence-electron chi connectivity index (χ4n) is 1.76. The molecule has 1 aromatic rings. The van der Waals surface area contributed by atoms with Crippen LogP contribution in [-0.4, -0.2) is 41.6 Å². The molecule has 4 nitrogen and oxygen atoms in total. The predicted octanol–water partition coefficient (Wildman–Crippen LogP) is 1.74. The van der Waals surface area contributed by atoms with Gasteiger partial charge in [-0.3, -0.25) is 4.79 Å². The quantitative estimate of drug-likeness (QED) is 0.721. The highest BCUT2D eigenvalue weighted by atomic mass is 35.5. The van der Waals surface area contributed by atoms with E-state index in [-0.39, 0.29) is 22.7 Å². The van der Waals surface area contributed by atoms with E-state index in [1.807, 2.05) is 6.92 Å². The topological polar surface area (TPSA) is 42.4 Å². The second kappa shape index (κ2) is 4.98. The standard InChI is InChI=1S/C11H12ClFN2O2/c1-7-6-17-3-2-15(7)11(16)9-4-8(13)5-14-10(9)12/h4-5,7H,2-3,6H2,1H3. The van der Waals surface area contributed by atoms with Gasteiger partial charge in [0.05, 0.1) is 31.0 Å². The molecule has 1 amide bonds. The van der Waals surface area contributed by atoms with Crippen LogP contribution in [0.3, 0.4) is 0 Å². The Morgan fingerprint density at radius 3 is 3.18 bits per heavy atom. The van der Waals surface area contributed by atoms with Gasteiger partial charge in [-0.2, -0.15) is 0 Å². The molecular formula is C11H12ClFN2O2. The minimum absolute atomic E-state index is 0.0232. The molecule has 2 heterocycles. The molecule has 1 saturated heterocycles. The minimum atomic E-state index is -0.571. The Hall–Kier alpha value is -1.20. The summed E-state index contributed by atoms with van der Waals surface area (Å²) in [6.45, 7) is 3.31. The van der Waals surface area contributed by atoms with Gasteiger partial charge in [-0.25, -0.2) is 9.37 Å². The number of hydrogen-bond donors (Lipinski definition) is 0. The van der Waals surface area contributed by atoms with Gasteiger partial charge in [0.1, 0.15) is 11.0 Å². The van der Waals surface area contributed by atoms with Crippen molar-refractivity contribution >= 4 is 17.5 Å². The van der Waals surface area contributed by atoms with E-state index in [1.54, 1.807) is 4.90 Å². The number of rotatable bonds is 1. The molecule has 1 aliphatic heterocycles. The van der Waals surface area contributed by atoms with E-state index < -0.39 is 5.82 Å². The zero-order valence-corrected chi connectivity index (χ0v) is 10.1. The van der Waals surface area contributed by atoms with Crippen LogP contribution in [-0.2, 0) is 4.74 Å². The summed E-state index contributed by atoms with van der Waals surface area (Å²) in [6.07, 6.45) is 0.988. The van der Waals surface area contributed by atoms with E-state index in [1.165, 1.54) is 0 Å². The van der Waals surface area contributed by atoms with Gasteiger partial charge in [0.15, 0.2) is 0 Å². The van der Waals surface area contributed by atoms with Crippen LogP contribution in [0, 0.1) is 5.82 Å². The van der Waals surface area contributed by atoms with Crippen LogP contribution in [0.4, 0.5) is 4.39 Å². The van der Waals surface area contributed by atoms with Gasteiger partial charge in [0, 0.05) is 6.54 Å². The lowest BCUT2D eigenvalue weighted by molar-refractivity contribution is 0.00356. The first-order valence-electron chi connectivity index (χ1n) is 5.29. The third kappa shape index (κ3) is 2.56. The van der Waals surface area contributed by atoms with Crippen molar-refractivity contribution in [2.75, 3.05) is 19.8 Å². The van der Waals surface area contributed by atoms with Crippen molar-refractivity contribution in [2.45, 2.75) is 13.0 Å². The molecule has 0 saturated carbocycles. The van der Waals surface area contributed by atoms with E-state index in [2.05, 4.69) is 4.98 Å². The molecule has 1 atom stereocenters. The van der Waals surface area contributed by atoms with E-state index >= 15 is 0 Å². The molecule has 6 heteroatoms. The van der Waals surface area contributed by atoms with E-state index in [9.17, 15) is 9.18 Å². The Balaban J connectivity index is 2.26. The molecule has 0 radical (unpaired) electrons. The third-order valence-corrected chi connectivity index (χ3v) is 2.97. The van der Waals surface area contributed by atoms with Crippen LogP contribution in [0.5, 0.6) is 0 Å². The van der Waals surface area contributed by atoms with Crippen LogP contribution in [0.1, 0.15) is 17.3 Å². The van der Waals surface area contributed by atoms with Crippen LogP contribution < -0.4 is 0 Å². The summed E-state index contributed by atoms with van der Waals surface area (Å²) in [6, 6.07) is 1.07. The van der Waals surface area contributed by atoms with E-state index in [4.69, 9.17) is 16.3 Å². The molecule has 0 aliphatic carbocycles. The summed E-state index contributed by atoms with van der Waals surface area (Å²) in [5, 5.41) is 0.0232. The minimum Gasteiger partial charge on any atom is -0.377 e. The first-order chi connectivity index (χ1) is 8.09. The summed E-state index contributed by atoms with van der Waals surface area (Å²) in [7, 11) is 0. The van der Waals surface area contributed by atoms with Gasteiger partial charge in [0.2, 0.25) is 0 Å². The first-order valence-corrected chi connectivity index (χ1v) is 5.67. The van der Waals surface area contributed by atoms with Gasteiger partial charge in [0.25, 0.3) is 5.91 Å². The molecule has 0 spiro atoms. The zero-order chi connectivity index (χ0) is 12.4. The Kier molecular flexibility index (Phi) is 3.59. The SMILES string of the molecule is CC1COCCN1C(=O)c1cc(F)cnc1Cl. The van der Waals surface area contributed by atoms with E-state index in [0.29, 0.717) is 19.8 Å². The summed E-state index contributed by atoms with van der Waals surface area (Å²) < 4.78 is 18.3. The second-order valence-corrected chi connectivity index (χ2v) is 4.27. The van der Waals surface area contributed by atoms with Crippen molar-refractivity contribution in [3.05, 3.63) is 28.8 Å². The van der Waals surface area contributed by atoms with Gasteiger partial charge >= 0.3 is 0 Å². The Labute approximate surface area is 103 Å². The molecule has 0 aromatic carbocycles. The van der Waals surface area contributed by atoms with Crippen LogP contribution >= 0.6 is 11.6 Å². The maximum Gasteiger partial charge on any atom is 0.257 e. The number of carbonyl (C=O) groups is 1. The average Bonchev–Trinajstić information content (AvgIpc) is 2.32. The molecule has 1 unspecified atom stereocenters. The molecule has 0 bridgehead atoms. The van der Waals surface area contributed by atoms with Gasteiger partial charge < -0.3 is 9.64 Å². The summed E-state index contributed by atoms with van der Waals surface area (Å²) in [5.74, 6) is -0.878. The zero-order valence-electron chi connectivity index (χ0n) is 9.32. The van der Waals surface area contributed by atoms with Crippen molar-refractivity contribution in [1.29, 1.82) is 0 Å². The summed E-state index contributed by atoms with van der Waals surface area (Å²) in [4.78, 5) is 17.4. The van der Waals surface area contributed by atoms with Gasteiger partial charge in [-0.05, 0) is 13.0 Å². The lowest BCUT2D eigenvalue weighted by Crippen LogP contribution is -2.47. The molecule has 0 N–H and O–H groups in total. The smallest absolute Gasteiger partial charge is 0.257 e. The van der Waals surface area contributed by atoms with Crippen molar-refractivity contribution in [3.8, 4) is 0 Å². The van der Waals surface area contributed by atoms with Gasteiger partial charge in [-0.1, -0.05) is 11.6 Å². The maximum atomic E-state index is 13.1. The number of ether oxygens (including phenoxy) is 1. The van der Waals surface area contributed by atoms with Gasteiger partial charge in [-0.15, -0.1) is 0 Å².